The highest BCUT2D eigenvalue weighted by Crippen LogP contribution is 2.47. The Balaban J connectivity index is 1.51. The van der Waals surface area contributed by atoms with Gasteiger partial charge in [0.1, 0.15) is 11.9 Å². The molecule has 1 N–H and O–H groups in total. The Morgan fingerprint density at radius 3 is 2.58 bits per heavy atom. The first-order chi connectivity index (χ1) is 19.2. The van der Waals surface area contributed by atoms with E-state index in [0.717, 1.165) is 38.7 Å². The van der Waals surface area contributed by atoms with Crippen molar-refractivity contribution in [1.82, 2.24) is 14.8 Å². The zero-order valence-corrected chi connectivity index (χ0v) is 25.3. The number of methoxy groups -OCH3 is 1. The molecule has 0 spiro atoms. The maximum atomic E-state index is 13.4. The number of rotatable bonds is 8. The van der Waals surface area contributed by atoms with E-state index in [1.54, 1.807) is 16.5 Å². The fraction of sp³-hybridized carbons (Fsp3) is 0.467. The van der Waals surface area contributed by atoms with Crippen LogP contribution in [0.1, 0.15) is 62.5 Å². The van der Waals surface area contributed by atoms with Crippen molar-refractivity contribution in [3.8, 4) is 17.7 Å². The van der Waals surface area contributed by atoms with Crippen molar-refractivity contribution in [1.29, 1.82) is 0 Å². The van der Waals surface area contributed by atoms with Gasteiger partial charge in [-0.05, 0) is 122 Å². The van der Waals surface area contributed by atoms with Gasteiger partial charge in [0.15, 0.2) is 5.52 Å². The summed E-state index contributed by atoms with van der Waals surface area (Å²) in [6.45, 7) is 3.87. The zero-order valence-electron chi connectivity index (χ0n) is 23.2. The fourth-order valence-corrected chi connectivity index (χ4v) is 6.00. The topological polar surface area (TPSA) is 107 Å². The maximum Gasteiger partial charge on any atom is 0.311 e. The quantitative estimate of drug-likeness (QED) is 0.253. The number of pyridine rings is 1. The van der Waals surface area contributed by atoms with E-state index in [-0.39, 0.29) is 18.6 Å². The van der Waals surface area contributed by atoms with Crippen molar-refractivity contribution in [3.05, 3.63) is 39.0 Å². The number of halogens is 1. The number of aliphatic carboxylic acids is 1. The van der Waals surface area contributed by atoms with Gasteiger partial charge in [0.05, 0.1) is 23.2 Å². The summed E-state index contributed by atoms with van der Waals surface area (Å²) in [5, 5.41) is 14.4. The van der Waals surface area contributed by atoms with Gasteiger partial charge in [0.25, 0.3) is 5.88 Å². The lowest BCUT2D eigenvalue weighted by Crippen LogP contribution is -2.41. The van der Waals surface area contributed by atoms with Gasteiger partial charge in [0, 0.05) is 17.7 Å². The number of anilines is 2. The largest absolute Gasteiger partial charge is 0.481 e. The van der Waals surface area contributed by atoms with Gasteiger partial charge in [-0.3, -0.25) is 19.2 Å². The van der Waals surface area contributed by atoms with Gasteiger partial charge < -0.3 is 14.6 Å². The first-order valence-electron chi connectivity index (χ1n) is 13.5. The average Bonchev–Trinajstić information content (AvgIpc) is 3.72. The van der Waals surface area contributed by atoms with Gasteiger partial charge in [-0.25, -0.2) is 4.98 Å². The van der Waals surface area contributed by atoms with Gasteiger partial charge in [-0.2, -0.15) is 0 Å². The third-order valence-corrected chi connectivity index (χ3v) is 9.09. The van der Waals surface area contributed by atoms with E-state index in [1.165, 1.54) is 7.11 Å². The first kappa shape index (κ1) is 28.4. The molecule has 2 aliphatic carbocycles. The Labute approximate surface area is 247 Å². The number of carbonyl (C=O) groups excluding carboxylic acids is 1. The number of carboxylic acid groups (broad SMARTS) is 1. The van der Waals surface area contributed by atoms with Crippen LogP contribution in [0.15, 0.2) is 24.3 Å². The summed E-state index contributed by atoms with van der Waals surface area (Å²) in [6.07, 6.45) is 4.03. The highest BCUT2D eigenvalue weighted by molar-refractivity contribution is 14.1. The monoisotopic (exact) mass is 656 g/mol. The van der Waals surface area contributed by atoms with Crippen molar-refractivity contribution in [2.45, 2.75) is 64.4 Å². The maximum absolute atomic E-state index is 13.4. The smallest absolute Gasteiger partial charge is 0.311 e. The molecular weight excluding hydrogens is 623 g/mol. The van der Waals surface area contributed by atoms with E-state index in [2.05, 4.69) is 45.6 Å². The molecule has 0 bridgehead atoms. The van der Waals surface area contributed by atoms with E-state index < -0.39 is 11.4 Å². The first-order valence-corrected chi connectivity index (χ1v) is 14.5. The molecule has 0 radical (unpaired) electrons. The van der Waals surface area contributed by atoms with Crippen molar-refractivity contribution in [3.63, 3.8) is 0 Å². The summed E-state index contributed by atoms with van der Waals surface area (Å²) in [5.74, 6) is 5.51. The molecule has 0 atom stereocenters. The number of carbonyl (C=O) groups is 2. The number of nitrogens with zero attached hydrogens (tertiary/aromatic N) is 4. The Hall–Kier alpha value is -3.17. The van der Waals surface area contributed by atoms with Crippen LogP contribution < -0.4 is 9.64 Å². The minimum atomic E-state index is -0.891. The predicted molar refractivity (Wildman–Crippen MR) is 160 cm³/mol. The highest BCUT2D eigenvalue weighted by Gasteiger charge is 2.43. The van der Waals surface area contributed by atoms with Gasteiger partial charge in [0.2, 0.25) is 0 Å². The van der Waals surface area contributed by atoms with E-state index in [0.29, 0.717) is 48.8 Å². The van der Waals surface area contributed by atoms with Crippen molar-refractivity contribution < 1.29 is 24.2 Å². The number of fused-ring (bicyclic) bond motifs is 1. The lowest BCUT2D eigenvalue weighted by molar-refractivity contribution is -0.156. The van der Waals surface area contributed by atoms with E-state index >= 15 is 0 Å². The van der Waals surface area contributed by atoms with Gasteiger partial charge in [-0.1, -0.05) is 5.92 Å². The number of amides is 1. The fourth-order valence-electron chi connectivity index (χ4n) is 5.51. The highest BCUT2D eigenvalue weighted by atomic mass is 127. The molecule has 2 fully saturated rings. The number of ether oxygens (including phenoxy) is 2. The van der Waals surface area contributed by atoms with E-state index in [4.69, 9.17) is 14.5 Å². The normalized spacial score (nSPS) is 20.6. The second-order valence-corrected chi connectivity index (χ2v) is 11.9. The molecule has 5 rings (SSSR count). The molecule has 0 saturated heterocycles. The van der Waals surface area contributed by atoms with Crippen LogP contribution in [0, 0.1) is 27.7 Å². The summed E-state index contributed by atoms with van der Waals surface area (Å²) in [7, 11) is 3.35. The molecule has 2 aliphatic rings. The van der Waals surface area contributed by atoms with Crippen LogP contribution in [0.3, 0.4) is 0 Å². The summed E-state index contributed by atoms with van der Waals surface area (Å²) in [4.78, 5) is 31.9. The molecule has 2 aromatic heterocycles. The lowest BCUT2D eigenvalue weighted by Gasteiger charge is -2.35. The van der Waals surface area contributed by atoms with Crippen LogP contribution in [-0.4, -0.2) is 51.6 Å². The van der Waals surface area contributed by atoms with E-state index in [1.807, 2.05) is 32.2 Å². The minimum Gasteiger partial charge on any atom is -0.481 e. The van der Waals surface area contributed by atoms with E-state index in [9.17, 15) is 14.7 Å². The Morgan fingerprint density at radius 1 is 1.23 bits per heavy atom. The summed E-state index contributed by atoms with van der Waals surface area (Å²) in [6, 6.07) is 7.93. The van der Waals surface area contributed by atoms with Crippen LogP contribution in [0.25, 0.3) is 11.0 Å². The lowest BCUT2D eigenvalue weighted by atomic mass is 9.73. The number of aryl methyl sites for hydroxylation is 2. The van der Waals surface area contributed by atoms with Crippen LogP contribution in [-0.2, 0) is 21.4 Å². The number of hydrogen-bond donors (Lipinski definition) is 1. The number of hydrogen-bond acceptors (Lipinski definition) is 6. The van der Waals surface area contributed by atoms with Gasteiger partial charge in [-0.15, -0.1) is 5.10 Å². The second-order valence-electron chi connectivity index (χ2n) is 10.8. The Morgan fingerprint density at radius 2 is 1.95 bits per heavy atom. The molecule has 10 heteroatoms. The predicted octanol–water partition coefficient (Wildman–Crippen LogP) is 5.49. The molecule has 1 amide bonds. The zero-order chi connectivity index (χ0) is 28.6. The molecule has 2 saturated carbocycles. The summed E-state index contributed by atoms with van der Waals surface area (Å²) >= 11 is 2.34. The summed E-state index contributed by atoms with van der Waals surface area (Å²) < 4.78 is 14.4. The SMILES string of the molecule is CC#CC(=O)N(c1ccc2c(n1)c(OC1CCC(COC)(C(=O)O)CC1)nn2C)c1cc(C)c(I)cc1C1CC1. The van der Waals surface area contributed by atoms with Crippen molar-refractivity contribution in [2.75, 3.05) is 18.6 Å². The Bertz CT molecular complexity index is 1530. The third-order valence-electron chi connectivity index (χ3n) is 7.92. The molecule has 9 nitrogen and oxygen atoms in total. The molecule has 3 aromatic rings. The molecule has 40 heavy (non-hydrogen) atoms. The third kappa shape index (κ3) is 5.41. The van der Waals surface area contributed by atoms with Crippen LogP contribution in [0.5, 0.6) is 5.88 Å². The number of benzene rings is 1. The molecule has 1 aromatic carbocycles. The van der Waals surface area contributed by atoms with Crippen molar-refractivity contribution in [2.24, 2.45) is 12.5 Å². The Kier molecular flexibility index (Phi) is 8.06. The molecular formula is C30H33IN4O5. The molecule has 0 unspecified atom stereocenters. The average molecular weight is 657 g/mol. The molecule has 2 heterocycles. The minimum absolute atomic E-state index is 0.178. The summed E-state index contributed by atoms with van der Waals surface area (Å²) in [5.41, 5.74) is 3.44. The molecule has 0 aliphatic heterocycles. The van der Waals surface area contributed by atoms with Gasteiger partial charge >= 0.3 is 11.9 Å². The standard InChI is InChI=1S/C30H33IN4O5/c1-5-6-26(36)35(24-15-18(2)22(31)16-21(24)19-7-8-19)25-10-9-23-27(32-25)28(33-34(23)3)40-20-11-13-30(14-12-20,17-39-4)29(37)38/h9-10,15-16,19-20H,7-8,11-14,17H2,1-4H3,(H,37,38). The molecule has 210 valence electrons. The van der Waals surface area contributed by atoms with Crippen LogP contribution >= 0.6 is 22.6 Å². The second kappa shape index (κ2) is 11.4. The van der Waals surface area contributed by atoms with Crippen molar-refractivity contribution >= 4 is 57.0 Å². The van der Waals surface area contributed by atoms with Crippen LogP contribution in [0.4, 0.5) is 11.5 Å². The number of aromatic nitrogens is 3. The van der Waals surface area contributed by atoms with Crippen LogP contribution in [0.2, 0.25) is 0 Å². The number of carboxylic acids is 1.